The summed E-state index contributed by atoms with van der Waals surface area (Å²) in [6.07, 6.45) is 4.01. The van der Waals surface area contributed by atoms with Crippen molar-refractivity contribution < 1.29 is 0 Å². The Balaban J connectivity index is 4.56. The van der Waals surface area contributed by atoms with Gasteiger partial charge in [-0.2, -0.15) is 0 Å². The highest BCUT2D eigenvalue weighted by molar-refractivity contribution is 6.74. The van der Waals surface area contributed by atoms with Gasteiger partial charge in [0, 0.05) is 0 Å². The van der Waals surface area contributed by atoms with Crippen molar-refractivity contribution in [3.05, 3.63) is 0 Å². The fourth-order valence-electron chi connectivity index (χ4n) is 2.28. The number of unbranched alkanes of at least 4 members (excludes halogenated alkanes) is 1. The average molecular weight is 216 g/mol. The van der Waals surface area contributed by atoms with E-state index in [9.17, 15) is 0 Å². The maximum absolute atomic E-state index is 2.52. The third-order valence-electron chi connectivity index (χ3n) is 3.25. The maximum Gasteiger partial charge on any atom is 0.205 e. The predicted molar refractivity (Wildman–Crippen MR) is 67.9 cm³/mol. The topological polar surface area (TPSA) is 6.48 Å². The summed E-state index contributed by atoms with van der Waals surface area (Å²) in [5, 5.41) is 0. The maximum atomic E-state index is 2.52. The molecule has 0 spiro atoms. The molecule has 2 nitrogen and oxygen atoms in total. The van der Waals surface area contributed by atoms with Crippen LogP contribution in [0.4, 0.5) is 0 Å². The molecular weight excluding hydrogens is 188 g/mol. The summed E-state index contributed by atoms with van der Waals surface area (Å²) in [5.41, 5.74) is 0. The van der Waals surface area contributed by atoms with Crippen LogP contribution in [0.5, 0.6) is 0 Å². The summed E-state index contributed by atoms with van der Waals surface area (Å²) in [6.45, 7) is 4.59. The first-order valence-corrected chi connectivity index (χ1v) is 8.17. The van der Waals surface area contributed by atoms with Gasteiger partial charge >= 0.3 is 0 Å². The van der Waals surface area contributed by atoms with Crippen molar-refractivity contribution in [2.45, 2.75) is 45.2 Å². The summed E-state index contributed by atoms with van der Waals surface area (Å²) < 4.78 is 5.04. The van der Waals surface area contributed by atoms with Crippen LogP contribution in [0.15, 0.2) is 0 Å². The van der Waals surface area contributed by atoms with Gasteiger partial charge in [-0.1, -0.05) is 33.1 Å². The van der Waals surface area contributed by atoms with Crippen LogP contribution in [0.25, 0.3) is 0 Å². The second kappa shape index (κ2) is 6.59. The Morgan fingerprint density at radius 1 is 0.786 bits per heavy atom. The highest BCUT2D eigenvalue weighted by Gasteiger charge is 2.37. The second-order valence-electron chi connectivity index (χ2n) is 4.62. The fourth-order valence-corrected chi connectivity index (χ4v) is 6.84. The Morgan fingerprint density at radius 3 is 1.57 bits per heavy atom. The van der Waals surface area contributed by atoms with Gasteiger partial charge in [0.05, 0.1) is 0 Å². The molecule has 0 saturated carbocycles. The van der Waals surface area contributed by atoms with E-state index in [1.165, 1.54) is 31.4 Å². The Labute approximate surface area is 91.4 Å². The molecule has 0 aromatic heterocycles. The van der Waals surface area contributed by atoms with Crippen LogP contribution in [0.3, 0.4) is 0 Å². The first-order valence-electron chi connectivity index (χ1n) is 5.86. The third kappa shape index (κ3) is 3.37. The lowest BCUT2D eigenvalue weighted by molar-refractivity contribution is 0.465. The van der Waals surface area contributed by atoms with E-state index in [4.69, 9.17) is 0 Å². The number of nitrogens with zero attached hydrogens (tertiary/aromatic N) is 2. The van der Waals surface area contributed by atoms with E-state index in [0.29, 0.717) is 0 Å². The monoisotopic (exact) mass is 216 g/mol. The smallest absolute Gasteiger partial charge is 0.205 e. The van der Waals surface area contributed by atoms with Crippen molar-refractivity contribution in [1.29, 1.82) is 0 Å². The summed E-state index contributed by atoms with van der Waals surface area (Å²) in [7, 11) is 7.74. The third-order valence-corrected chi connectivity index (χ3v) is 9.03. The van der Waals surface area contributed by atoms with E-state index < -0.39 is 8.40 Å². The molecule has 0 bridgehead atoms. The van der Waals surface area contributed by atoms with E-state index in [1.807, 2.05) is 0 Å². The van der Waals surface area contributed by atoms with E-state index in [1.54, 1.807) is 0 Å². The Kier molecular flexibility index (Phi) is 6.65. The summed E-state index contributed by atoms with van der Waals surface area (Å²) >= 11 is 0. The molecule has 0 radical (unpaired) electrons. The van der Waals surface area contributed by atoms with Crippen molar-refractivity contribution in [2.75, 3.05) is 28.2 Å². The van der Waals surface area contributed by atoms with Crippen LogP contribution in [0.2, 0.25) is 12.1 Å². The van der Waals surface area contributed by atoms with Crippen molar-refractivity contribution >= 4 is 8.40 Å². The zero-order valence-electron chi connectivity index (χ0n) is 10.9. The molecule has 0 aliphatic carbocycles. The minimum Gasteiger partial charge on any atom is -0.317 e. The molecule has 0 unspecified atom stereocenters. The molecule has 0 amide bonds. The van der Waals surface area contributed by atoms with Crippen LogP contribution in [-0.4, -0.2) is 45.7 Å². The molecule has 3 heteroatoms. The number of hydrogen-bond acceptors (Lipinski definition) is 2. The molecule has 0 saturated heterocycles. The molecule has 14 heavy (non-hydrogen) atoms. The molecule has 0 aromatic rings. The molecule has 0 rings (SSSR count). The summed E-state index contributed by atoms with van der Waals surface area (Å²) in [5.74, 6) is 0. The zero-order chi connectivity index (χ0) is 11.2. The molecule has 0 atom stereocenters. The van der Waals surface area contributed by atoms with Crippen molar-refractivity contribution in [2.24, 2.45) is 0 Å². The molecule has 86 valence electrons. The largest absolute Gasteiger partial charge is 0.317 e. The van der Waals surface area contributed by atoms with Crippen molar-refractivity contribution in [3.63, 3.8) is 0 Å². The normalized spacial score (nSPS) is 12.9. The second-order valence-corrected chi connectivity index (χ2v) is 9.38. The van der Waals surface area contributed by atoms with E-state index >= 15 is 0 Å². The van der Waals surface area contributed by atoms with Gasteiger partial charge in [-0.25, -0.2) is 0 Å². The number of hydrogen-bond donors (Lipinski definition) is 0. The lowest BCUT2D eigenvalue weighted by atomic mass is 10.4. The molecular formula is C11H28N2Si. The van der Waals surface area contributed by atoms with Gasteiger partial charge in [0.2, 0.25) is 8.40 Å². The van der Waals surface area contributed by atoms with Gasteiger partial charge < -0.3 is 9.13 Å². The Hall–Kier alpha value is 0.137. The van der Waals surface area contributed by atoms with E-state index in [0.717, 1.165) is 0 Å². The highest BCUT2D eigenvalue weighted by atomic mass is 28.3. The number of rotatable bonds is 7. The van der Waals surface area contributed by atoms with E-state index in [-0.39, 0.29) is 0 Å². The van der Waals surface area contributed by atoms with Crippen LogP contribution in [0.1, 0.15) is 33.1 Å². The van der Waals surface area contributed by atoms with Crippen LogP contribution in [0, 0.1) is 0 Å². The van der Waals surface area contributed by atoms with Crippen molar-refractivity contribution in [3.8, 4) is 0 Å². The molecule has 0 aliphatic heterocycles. The molecule has 0 aromatic carbocycles. The molecule has 0 N–H and O–H groups in total. The van der Waals surface area contributed by atoms with Crippen LogP contribution >= 0.6 is 0 Å². The van der Waals surface area contributed by atoms with Gasteiger partial charge in [0.15, 0.2) is 0 Å². The van der Waals surface area contributed by atoms with Gasteiger partial charge in [0.25, 0.3) is 0 Å². The molecule has 0 heterocycles. The Bertz CT molecular complexity index is 138. The van der Waals surface area contributed by atoms with Gasteiger partial charge in [0.1, 0.15) is 0 Å². The lowest BCUT2D eigenvalue weighted by Crippen LogP contribution is -2.60. The van der Waals surface area contributed by atoms with E-state index in [2.05, 4.69) is 51.2 Å². The standard InChI is InChI=1S/C11H28N2Si/c1-7-9-11-14(10-8-2,12(3)4)13(5)6/h7-11H2,1-6H3. The fraction of sp³-hybridized carbons (Fsp3) is 1.00. The van der Waals surface area contributed by atoms with Crippen LogP contribution in [-0.2, 0) is 0 Å². The van der Waals surface area contributed by atoms with Crippen molar-refractivity contribution in [1.82, 2.24) is 9.13 Å². The lowest BCUT2D eigenvalue weighted by Gasteiger charge is -2.43. The van der Waals surface area contributed by atoms with Gasteiger partial charge in [-0.15, -0.1) is 0 Å². The first-order chi connectivity index (χ1) is 6.51. The minimum atomic E-state index is -1.30. The zero-order valence-corrected chi connectivity index (χ0v) is 11.9. The summed E-state index contributed by atoms with van der Waals surface area (Å²) in [6, 6.07) is 2.81. The first kappa shape index (κ1) is 14.1. The average Bonchev–Trinajstić information content (AvgIpc) is 2.11. The predicted octanol–water partition coefficient (Wildman–Crippen LogP) is 2.76. The molecule has 0 aliphatic rings. The SMILES string of the molecule is CCCC[Si](CCC)(N(C)C)N(C)C. The quantitative estimate of drug-likeness (QED) is 0.604. The Morgan fingerprint density at radius 2 is 1.29 bits per heavy atom. The minimum absolute atomic E-state index is 1.30. The van der Waals surface area contributed by atoms with Gasteiger partial charge in [-0.05, 0) is 40.3 Å². The van der Waals surface area contributed by atoms with Gasteiger partial charge in [-0.3, -0.25) is 0 Å². The highest BCUT2D eigenvalue weighted by Crippen LogP contribution is 2.24. The molecule has 0 fully saturated rings. The summed E-state index contributed by atoms with van der Waals surface area (Å²) in [4.78, 5) is 0. The van der Waals surface area contributed by atoms with Crippen LogP contribution < -0.4 is 0 Å².